The van der Waals surface area contributed by atoms with E-state index < -0.39 is 0 Å². The summed E-state index contributed by atoms with van der Waals surface area (Å²) in [6, 6.07) is 2.20. The molecule has 0 bridgehead atoms. The smallest absolute Gasteiger partial charge is 0.0662 e. The van der Waals surface area contributed by atoms with Crippen molar-refractivity contribution in [1.29, 1.82) is 5.26 Å². The molecule has 0 unspecified atom stereocenters. The lowest BCUT2D eigenvalue weighted by Crippen LogP contribution is -2.00. The summed E-state index contributed by atoms with van der Waals surface area (Å²) in [5.74, 6) is 0.481. The molecule has 0 aromatic rings. The molecule has 0 radical (unpaired) electrons. The fraction of sp³-hybridized carbons (Fsp3) is 0.375. The molecule has 0 saturated heterocycles. The van der Waals surface area contributed by atoms with Crippen molar-refractivity contribution in [3.63, 3.8) is 0 Å². The molecule has 0 heterocycles. The van der Waals surface area contributed by atoms with Gasteiger partial charge in [0.25, 0.3) is 0 Å². The van der Waals surface area contributed by atoms with Crippen LogP contribution in [0.1, 0.15) is 6.92 Å². The van der Waals surface area contributed by atoms with Gasteiger partial charge in [-0.3, -0.25) is 0 Å². The van der Waals surface area contributed by atoms with Crippen molar-refractivity contribution in [2.24, 2.45) is 11.8 Å². The first kappa shape index (κ1) is 6.10. The molecule has 1 aliphatic rings. The van der Waals surface area contributed by atoms with Crippen LogP contribution in [0.15, 0.2) is 24.3 Å². The molecule has 1 rings (SSSR count). The number of hydrogen-bond donors (Lipinski definition) is 0. The Bertz CT molecular complexity index is 171. The lowest BCUT2D eigenvalue weighted by molar-refractivity contribution is 0.632. The Morgan fingerprint density at radius 1 is 1.44 bits per heavy atom. The summed E-state index contributed by atoms with van der Waals surface area (Å²) >= 11 is 0. The highest BCUT2D eigenvalue weighted by Gasteiger charge is 2.11. The maximum atomic E-state index is 8.48. The van der Waals surface area contributed by atoms with Gasteiger partial charge in [-0.1, -0.05) is 24.3 Å². The molecule has 46 valence electrons. The third-order valence-corrected chi connectivity index (χ3v) is 1.56. The lowest BCUT2D eigenvalue weighted by atomic mass is 9.98. The zero-order valence-corrected chi connectivity index (χ0v) is 5.41. The molecule has 1 atom stereocenters. The normalized spacial score (nSPS) is 20.0. The maximum Gasteiger partial charge on any atom is 0.0662 e. The van der Waals surface area contributed by atoms with E-state index >= 15 is 0 Å². The fourth-order valence-corrected chi connectivity index (χ4v) is 0.868. The maximum absolute atomic E-state index is 8.48. The first-order valence-electron chi connectivity index (χ1n) is 3.09. The molecule has 0 aromatic carbocycles. The van der Waals surface area contributed by atoms with Crippen molar-refractivity contribution in [1.82, 2.24) is 0 Å². The summed E-state index contributed by atoms with van der Waals surface area (Å²) in [7, 11) is 0. The summed E-state index contributed by atoms with van der Waals surface area (Å²) < 4.78 is 0. The van der Waals surface area contributed by atoms with Crippen LogP contribution in [0.3, 0.4) is 0 Å². The van der Waals surface area contributed by atoms with Crippen molar-refractivity contribution in [2.45, 2.75) is 6.92 Å². The molecule has 0 saturated carbocycles. The molecule has 1 heteroatoms. The van der Waals surface area contributed by atoms with E-state index in [0.717, 1.165) is 0 Å². The van der Waals surface area contributed by atoms with Crippen LogP contribution in [0.2, 0.25) is 0 Å². The van der Waals surface area contributed by atoms with Crippen molar-refractivity contribution in [2.75, 3.05) is 0 Å². The van der Waals surface area contributed by atoms with Crippen molar-refractivity contribution in [3.8, 4) is 6.07 Å². The van der Waals surface area contributed by atoms with Gasteiger partial charge in [-0.15, -0.1) is 0 Å². The highest BCUT2D eigenvalue weighted by Crippen LogP contribution is 2.17. The summed E-state index contributed by atoms with van der Waals surface area (Å²) in [6.45, 7) is 1.94. The second-order valence-corrected chi connectivity index (χ2v) is 2.26. The number of rotatable bonds is 1. The lowest BCUT2D eigenvalue weighted by Gasteiger charge is -2.04. The average molecular weight is 119 g/mol. The second-order valence-electron chi connectivity index (χ2n) is 2.26. The molecule has 0 aliphatic heterocycles. The Hall–Kier alpha value is -1.03. The van der Waals surface area contributed by atoms with Gasteiger partial charge in [0.2, 0.25) is 0 Å². The van der Waals surface area contributed by atoms with E-state index in [-0.39, 0.29) is 5.92 Å². The molecule has 0 N–H and O–H groups in total. The first-order valence-corrected chi connectivity index (χ1v) is 3.09. The van der Waals surface area contributed by atoms with Gasteiger partial charge in [0.15, 0.2) is 0 Å². The Kier molecular flexibility index (Phi) is 1.69. The standard InChI is InChI=1S/C8H9N/c1-7(6-9)8-4-2-3-5-8/h2-5,7-8H,1H3/t7-/m1/s1. The molecule has 0 amide bonds. The van der Waals surface area contributed by atoms with Crippen LogP contribution in [0.25, 0.3) is 0 Å². The largest absolute Gasteiger partial charge is 0.198 e. The molecule has 0 spiro atoms. The molecular formula is C8H9N. The van der Waals surface area contributed by atoms with Gasteiger partial charge in [-0.2, -0.15) is 5.26 Å². The van der Waals surface area contributed by atoms with Crippen LogP contribution in [0.4, 0.5) is 0 Å². The van der Waals surface area contributed by atoms with Crippen LogP contribution >= 0.6 is 0 Å². The van der Waals surface area contributed by atoms with Crippen LogP contribution < -0.4 is 0 Å². The van der Waals surface area contributed by atoms with Gasteiger partial charge < -0.3 is 0 Å². The Balaban J connectivity index is 2.56. The van der Waals surface area contributed by atoms with Gasteiger partial charge in [0, 0.05) is 5.92 Å². The minimum Gasteiger partial charge on any atom is -0.198 e. The monoisotopic (exact) mass is 119 g/mol. The SMILES string of the molecule is C[C@H](C#N)C1C=CC=C1. The summed E-state index contributed by atoms with van der Waals surface area (Å²) in [5.41, 5.74) is 0. The van der Waals surface area contributed by atoms with E-state index in [1.165, 1.54) is 0 Å². The third-order valence-electron chi connectivity index (χ3n) is 1.56. The molecule has 1 nitrogen and oxygen atoms in total. The van der Waals surface area contributed by atoms with Crippen LogP contribution in [0.5, 0.6) is 0 Å². The number of nitriles is 1. The highest BCUT2D eigenvalue weighted by atomic mass is 14.3. The number of hydrogen-bond acceptors (Lipinski definition) is 1. The quantitative estimate of drug-likeness (QED) is 0.517. The third kappa shape index (κ3) is 1.20. The van der Waals surface area contributed by atoms with Gasteiger partial charge in [-0.25, -0.2) is 0 Å². The van der Waals surface area contributed by atoms with Gasteiger partial charge in [-0.05, 0) is 6.92 Å². The van der Waals surface area contributed by atoms with Gasteiger partial charge in [0.1, 0.15) is 0 Å². The first-order chi connectivity index (χ1) is 4.34. The molecule has 0 fully saturated rings. The summed E-state index contributed by atoms with van der Waals surface area (Å²) in [4.78, 5) is 0. The molecule has 0 aromatic heterocycles. The second kappa shape index (κ2) is 2.50. The van der Waals surface area contributed by atoms with E-state index in [0.29, 0.717) is 5.92 Å². The molecule has 9 heavy (non-hydrogen) atoms. The zero-order chi connectivity index (χ0) is 6.69. The van der Waals surface area contributed by atoms with E-state index in [4.69, 9.17) is 5.26 Å². The minimum atomic E-state index is 0.125. The summed E-state index contributed by atoms with van der Waals surface area (Å²) in [5, 5.41) is 8.48. The van der Waals surface area contributed by atoms with Crippen LogP contribution in [-0.2, 0) is 0 Å². The van der Waals surface area contributed by atoms with Crippen molar-refractivity contribution >= 4 is 0 Å². The Morgan fingerprint density at radius 2 is 2.00 bits per heavy atom. The van der Waals surface area contributed by atoms with E-state index in [1.807, 2.05) is 31.2 Å². The molecular weight excluding hydrogens is 110 g/mol. The van der Waals surface area contributed by atoms with Crippen LogP contribution in [-0.4, -0.2) is 0 Å². The Labute approximate surface area is 55.3 Å². The van der Waals surface area contributed by atoms with Crippen molar-refractivity contribution in [3.05, 3.63) is 24.3 Å². The highest BCUT2D eigenvalue weighted by molar-refractivity contribution is 5.20. The van der Waals surface area contributed by atoms with Crippen LogP contribution in [0, 0.1) is 23.2 Å². The average Bonchev–Trinajstić information content (AvgIpc) is 2.37. The topological polar surface area (TPSA) is 23.8 Å². The minimum absolute atomic E-state index is 0.125. The Morgan fingerprint density at radius 3 is 2.44 bits per heavy atom. The van der Waals surface area contributed by atoms with Crippen molar-refractivity contribution < 1.29 is 0 Å². The molecule has 1 aliphatic carbocycles. The van der Waals surface area contributed by atoms with Gasteiger partial charge >= 0.3 is 0 Å². The summed E-state index contributed by atoms with van der Waals surface area (Å²) in [6.07, 6.45) is 8.07. The fourth-order valence-electron chi connectivity index (χ4n) is 0.868. The number of nitrogens with zero attached hydrogens (tertiary/aromatic N) is 1. The van der Waals surface area contributed by atoms with E-state index in [2.05, 4.69) is 6.07 Å². The number of allylic oxidation sites excluding steroid dienone is 4. The predicted octanol–water partition coefficient (Wildman–Crippen LogP) is 1.89. The zero-order valence-electron chi connectivity index (χ0n) is 5.41. The van der Waals surface area contributed by atoms with E-state index in [1.54, 1.807) is 0 Å². The predicted molar refractivity (Wildman–Crippen MR) is 36.5 cm³/mol. The van der Waals surface area contributed by atoms with E-state index in [9.17, 15) is 0 Å². The van der Waals surface area contributed by atoms with Gasteiger partial charge in [0.05, 0.1) is 12.0 Å².